The number of nitrogens with one attached hydrogen (secondary N) is 1. The lowest BCUT2D eigenvalue weighted by Gasteiger charge is -2.17. The van der Waals surface area contributed by atoms with Gasteiger partial charge in [-0.2, -0.15) is 0 Å². The fourth-order valence-electron chi connectivity index (χ4n) is 1.65. The smallest absolute Gasteiger partial charge is 0.119 e. The first-order valence-corrected chi connectivity index (χ1v) is 7.35. The summed E-state index contributed by atoms with van der Waals surface area (Å²) in [5, 5.41) is 3.19. The summed E-state index contributed by atoms with van der Waals surface area (Å²) >= 11 is 0. The third-order valence-corrected chi connectivity index (χ3v) is 4.04. The molecule has 2 unspecified atom stereocenters. The van der Waals surface area contributed by atoms with Crippen LogP contribution in [0.5, 0.6) is 5.75 Å². The largest absolute Gasteiger partial charge is 0.497 e. The van der Waals surface area contributed by atoms with Crippen molar-refractivity contribution in [2.75, 3.05) is 39.4 Å². The van der Waals surface area contributed by atoms with Crippen LogP contribution in [0.3, 0.4) is 0 Å². The summed E-state index contributed by atoms with van der Waals surface area (Å²) in [5.41, 5.74) is 1.09. The Hall–Kier alpha value is -0.910. The summed E-state index contributed by atoms with van der Waals surface area (Å²) in [6.45, 7) is 0.529. The van der Waals surface area contributed by atoms with Gasteiger partial charge in [-0.3, -0.25) is 4.21 Å². The lowest BCUT2D eigenvalue weighted by molar-refractivity contribution is 0.218. The van der Waals surface area contributed by atoms with Gasteiger partial charge in [0, 0.05) is 35.5 Å². The molecular formula is C13H21NO3S. The van der Waals surface area contributed by atoms with E-state index in [0.717, 1.165) is 11.3 Å². The lowest BCUT2D eigenvalue weighted by atomic mass is 10.1. The van der Waals surface area contributed by atoms with Crippen molar-refractivity contribution in [1.82, 2.24) is 5.32 Å². The van der Waals surface area contributed by atoms with E-state index in [0.29, 0.717) is 18.1 Å². The molecule has 0 fully saturated rings. The van der Waals surface area contributed by atoms with Crippen LogP contribution in [0.15, 0.2) is 24.3 Å². The molecule has 102 valence electrons. The van der Waals surface area contributed by atoms with E-state index in [9.17, 15) is 4.21 Å². The molecule has 0 saturated carbocycles. The second-order valence-corrected chi connectivity index (χ2v) is 5.54. The molecule has 0 radical (unpaired) electrons. The minimum Gasteiger partial charge on any atom is -0.497 e. The second kappa shape index (κ2) is 8.24. The van der Waals surface area contributed by atoms with Gasteiger partial charge < -0.3 is 14.8 Å². The average molecular weight is 271 g/mol. The van der Waals surface area contributed by atoms with E-state index in [1.54, 1.807) is 14.2 Å². The molecular weight excluding hydrogens is 250 g/mol. The first kappa shape index (κ1) is 15.1. The molecule has 1 aromatic carbocycles. The van der Waals surface area contributed by atoms with Crippen molar-refractivity contribution in [3.63, 3.8) is 0 Å². The summed E-state index contributed by atoms with van der Waals surface area (Å²) in [6, 6.07) is 7.89. The molecule has 0 saturated heterocycles. The summed E-state index contributed by atoms with van der Waals surface area (Å²) in [5.74, 6) is 1.96. The Labute approximate surface area is 111 Å². The maximum Gasteiger partial charge on any atom is 0.119 e. The van der Waals surface area contributed by atoms with Gasteiger partial charge >= 0.3 is 0 Å². The Morgan fingerprint density at radius 3 is 2.78 bits per heavy atom. The van der Waals surface area contributed by atoms with Crippen LogP contribution in [-0.2, 0) is 15.5 Å². The molecule has 0 aliphatic heterocycles. The first-order chi connectivity index (χ1) is 8.71. The Kier molecular flexibility index (Phi) is 6.93. The van der Waals surface area contributed by atoms with Gasteiger partial charge in [-0.25, -0.2) is 0 Å². The monoisotopic (exact) mass is 271 g/mol. The molecule has 0 amide bonds. The van der Waals surface area contributed by atoms with Crippen LogP contribution in [0.25, 0.3) is 0 Å². The van der Waals surface area contributed by atoms with E-state index in [2.05, 4.69) is 5.32 Å². The number of benzene rings is 1. The number of hydrogen-bond donors (Lipinski definition) is 1. The first-order valence-electron chi connectivity index (χ1n) is 5.86. The second-order valence-electron chi connectivity index (χ2n) is 3.92. The highest BCUT2D eigenvalue weighted by atomic mass is 32.2. The third kappa shape index (κ3) is 4.76. The van der Waals surface area contributed by atoms with Crippen molar-refractivity contribution in [3.05, 3.63) is 29.8 Å². The molecule has 1 aromatic rings. The average Bonchev–Trinajstić information content (AvgIpc) is 2.42. The van der Waals surface area contributed by atoms with Gasteiger partial charge in [-0.05, 0) is 24.7 Å². The number of hydrogen-bond acceptors (Lipinski definition) is 4. The molecule has 0 spiro atoms. The molecule has 18 heavy (non-hydrogen) atoms. The minimum atomic E-state index is -0.887. The Balaban J connectivity index is 2.67. The SMILES string of the molecule is CNC(CS(=O)CCOC)c1cccc(OC)c1. The quantitative estimate of drug-likeness (QED) is 0.775. The standard InChI is InChI=1S/C13H21NO3S/c1-14-13(10-18(15)8-7-16-2)11-5-4-6-12(9-11)17-3/h4-6,9,13-14H,7-8,10H2,1-3H3. The zero-order valence-corrected chi connectivity index (χ0v) is 12.0. The molecule has 0 aromatic heterocycles. The Morgan fingerprint density at radius 2 is 2.17 bits per heavy atom. The number of methoxy groups -OCH3 is 2. The molecule has 0 aliphatic carbocycles. The van der Waals surface area contributed by atoms with Crippen LogP contribution in [-0.4, -0.2) is 43.6 Å². The van der Waals surface area contributed by atoms with E-state index in [-0.39, 0.29) is 6.04 Å². The molecule has 1 N–H and O–H groups in total. The van der Waals surface area contributed by atoms with E-state index < -0.39 is 10.8 Å². The third-order valence-electron chi connectivity index (χ3n) is 2.71. The van der Waals surface area contributed by atoms with E-state index >= 15 is 0 Å². The van der Waals surface area contributed by atoms with Crippen molar-refractivity contribution < 1.29 is 13.7 Å². The van der Waals surface area contributed by atoms with Crippen molar-refractivity contribution in [2.45, 2.75) is 6.04 Å². The van der Waals surface area contributed by atoms with Crippen LogP contribution in [0.1, 0.15) is 11.6 Å². The van der Waals surface area contributed by atoms with Crippen molar-refractivity contribution in [2.24, 2.45) is 0 Å². The van der Waals surface area contributed by atoms with Crippen LogP contribution < -0.4 is 10.1 Å². The fraction of sp³-hybridized carbons (Fsp3) is 0.538. The highest BCUT2D eigenvalue weighted by Crippen LogP contribution is 2.19. The normalized spacial score (nSPS) is 14.2. The topological polar surface area (TPSA) is 47.6 Å². The van der Waals surface area contributed by atoms with E-state index in [4.69, 9.17) is 9.47 Å². The van der Waals surface area contributed by atoms with E-state index in [1.165, 1.54) is 0 Å². The lowest BCUT2D eigenvalue weighted by Crippen LogP contribution is -2.24. The zero-order chi connectivity index (χ0) is 13.4. The van der Waals surface area contributed by atoms with Gasteiger partial charge in [0.25, 0.3) is 0 Å². The van der Waals surface area contributed by atoms with Gasteiger partial charge in [0.1, 0.15) is 5.75 Å². The van der Waals surface area contributed by atoms with Crippen molar-refractivity contribution in [3.8, 4) is 5.75 Å². The fourth-order valence-corrected chi connectivity index (χ4v) is 2.90. The van der Waals surface area contributed by atoms with Crippen LogP contribution in [0, 0.1) is 0 Å². The van der Waals surface area contributed by atoms with Gasteiger partial charge in [-0.1, -0.05) is 12.1 Å². The molecule has 4 nitrogen and oxygen atoms in total. The molecule has 5 heteroatoms. The summed E-state index contributed by atoms with van der Waals surface area (Å²) in [7, 11) is 4.25. The number of ether oxygens (including phenoxy) is 2. The van der Waals surface area contributed by atoms with Crippen LogP contribution in [0.2, 0.25) is 0 Å². The van der Waals surface area contributed by atoms with Crippen molar-refractivity contribution >= 4 is 10.8 Å². The van der Waals surface area contributed by atoms with Crippen LogP contribution in [0.4, 0.5) is 0 Å². The highest BCUT2D eigenvalue weighted by Gasteiger charge is 2.13. The van der Waals surface area contributed by atoms with Gasteiger partial charge in [0.05, 0.1) is 13.7 Å². The minimum absolute atomic E-state index is 0.0674. The van der Waals surface area contributed by atoms with Crippen molar-refractivity contribution in [1.29, 1.82) is 0 Å². The molecule has 0 aliphatic rings. The summed E-state index contributed by atoms with van der Waals surface area (Å²) in [4.78, 5) is 0. The van der Waals surface area contributed by atoms with Gasteiger partial charge in [0.15, 0.2) is 0 Å². The van der Waals surface area contributed by atoms with Crippen LogP contribution >= 0.6 is 0 Å². The summed E-state index contributed by atoms with van der Waals surface area (Å²) < 4.78 is 22.0. The Morgan fingerprint density at radius 1 is 1.39 bits per heavy atom. The predicted octanol–water partition coefficient (Wildman–Crippen LogP) is 1.35. The molecule has 2 atom stereocenters. The highest BCUT2D eigenvalue weighted by molar-refractivity contribution is 7.85. The van der Waals surface area contributed by atoms with E-state index in [1.807, 2.05) is 31.3 Å². The molecule has 0 heterocycles. The molecule has 0 bridgehead atoms. The maximum absolute atomic E-state index is 11.9. The zero-order valence-electron chi connectivity index (χ0n) is 11.1. The van der Waals surface area contributed by atoms with Gasteiger partial charge in [0.2, 0.25) is 0 Å². The Bertz CT molecular complexity index is 384. The molecule has 1 rings (SSSR count). The number of rotatable bonds is 8. The van der Waals surface area contributed by atoms with Gasteiger partial charge in [-0.15, -0.1) is 0 Å². The predicted molar refractivity (Wildman–Crippen MR) is 74.5 cm³/mol. The maximum atomic E-state index is 11.9. The summed E-state index contributed by atoms with van der Waals surface area (Å²) in [6.07, 6.45) is 0.